The van der Waals surface area contributed by atoms with Gasteiger partial charge in [-0.15, -0.1) is 0 Å². The van der Waals surface area contributed by atoms with Crippen LogP contribution in [0.15, 0.2) is 0 Å². The van der Waals surface area contributed by atoms with E-state index in [-0.39, 0.29) is 0 Å². The largest absolute Gasteiger partial charge is 0.389 e. The van der Waals surface area contributed by atoms with Gasteiger partial charge in [0.2, 0.25) is 0 Å². The van der Waals surface area contributed by atoms with Gasteiger partial charge in [-0.1, -0.05) is 26.7 Å². The molecule has 20 heavy (non-hydrogen) atoms. The summed E-state index contributed by atoms with van der Waals surface area (Å²) < 4.78 is 0. The van der Waals surface area contributed by atoms with Crippen molar-refractivity contribution >= 4 is 0 Å². The Bertz CT molecular complexity index is 299. The molecule has 2 saturated carbocycles. The maximum atomic E-state index is 10.5. The van der Waals surface area contributed by atoms with Crippen molar-refractivity contribution in [3.05, 3.63) is 0 Å². The lowest BCUT2D eigenvalue weighted by molar-refractivity contribution is 0.00863. The van der Waals surface area contributed by atoms with Gasteiger partial charge < -0.3 is 15.7 Å². The van der Waals surface area contributed by atoms with Crippen molar-refractivity contribution in [2.45, 2.75) is 70.4 Å². The van der Waals surface area contributed by atoms with E-state index in [0.29, 0.717) is 12.0 Å². The third-order valence-electron chi connectivity index (χ3n) is 5.67. The lowest BCUT2D eigenvalue weighted by atomic mass is 9.73. The summed E-state index contributed by atoms with van der Waals surface area (Å²) in [7, 11) is 2.15. The third-order valence-corrected chi connectivity index (χ3v) is 5.67. The Hall–Kier alpha value is -0.120. The van der Waals surface area contributed by atoms with Crippen LogP contribution in [0.5, 0.6) is 0 Å². The SMILES string of the molecule is CC(C)C1CCC(N)C(CN(C)CC2(O)CCCC2)C1. The van der Waals surface area contributed by atoms with Crippen molar-refractivity contribution in [1.82, 2.24) is 4.90 Å². The molecule has 0 amide bonds. The van der Waals surface area contributed by atoms with E-state index in [1.807, 2.05) is 0 Å². The molecule has 0 spiro atoms. The van der Waals surface area contributed by atoms with Gasteiger partial charge in [0.1, 0.15) is 0 Å². The highest BCUT2D eigenvalue weighted by molar-refractivity contribution is 4.89. The van der Waals surface area contributed by atoms with E-state index in [2.05, 4.69) is 25.8 Å². The minimum absolute atomic E-state index is 0.352. The monoisotopic (exact) mass is 282 g/mol. The zero-order chi connectivity index (χ0) is 14.8. The number of nitrogens with zero attached hydrogens (tertiary/aromatic N) is 1. The Morgan fingerprint density at radius 3 is 2.50 bits per heavy atom. The van der Waals surface area contributed by atoms with Crippen molar-refractivity contribution in [3.8, 4) is 0 Å². The Labute approximate surface area is 124 Å². The van der Waals surface area contributed by atoms with Gasteiger partial charge in [0.15, 0.2) is 0 Å². The van der Waals surface area contributed by atoms with Crippen LogP contribution in [0, 0.1) is 17.8 Å². The number of rotatable bonds is 5. The molecule has 0 aromatic rings. The Balaban J connectivity index is 1.84. The summed E-state index contributed by atoms with van der Waals surface area (Å²) in [4.78, 5) is 2.33. The van der Waals surface area contributed by atoms with Crippen molar-refractivity contribution in [2.75, 3.05) is 20.1 Å². The molecule has 3 nitrogen and oxygen atoms in total. The fourth-order valence-corrected chi connectivity index (χ4v) is 4.30. The zero-order valence-electron chi connectivity index (χ0n) is 13.6. The summed E-state index contributed by atoms with van der Waals surface area (Å²) in [5.41, 5.74) is 5.92. The maximum Gasteiger partial charge on any atom is 0.0774 e. The average molecular weight is 282 g/mol. The van der Waals surface area contributed by atoms with Crippen molar-refractivity contribution in [1.29, 1.82) is 0 Å². The summed E-state index contributed by atoms with van der Waals surface area (Å²) in [5, 5.41) is 10.5. The number of aliphatic hydroxyl groups is 1. The zero-order valence-corrected chi connectivity index (χ0v) is 13.6. The molecule has 2 aliphatic carbocycles. The molecule has 0 saturated heterocycles. The summed E-state index contributed by atoms with van der Waals surface area (Å²) >= 11 is 0. The molecule has 0 radical (unpaired) electrons. The second kappa shape index (κ2) is 6.76. The molecule has 3 unspecified atom stereocenters. The predicted molar refractivity (Wildman–Crippen MR) is 84.6 cm³/mol. The van der Waals surface area contributed by atoms with Gasteiger partial charge in [0.25, 0.3) is 0 Å². The Morgan fingerprint density at radius 2 is 1.90 bits per heavy atom. The highest BCUT2D eigenvalue weighted by Crippen LogP contribution is 2.34. The number of hydrogen-bond donors (Lipinski definition) is 2. The highest BCUT2D eigenvalue weighted by Gasteiger charge is 2.34. The topological polar surface area (TPSA) is 49.5 Å². The van der Waals surface area contributed by atoms with E-state index in [1.54, 1.807) is 0 Å². The van der Waals surface area contributed by atoms with E-state index in [4.69, 9.17) is 5.73 Å². The van der Waals surface area contributed by atoms with Crippen molar-refractivity contribution in [3.63, 3.8) is 0 Å². The number of nitrogens with two attached hydrogens (primary N) is 1. The van der Waals surface area contributed by atoms with Gasteiger partial charge in [-0.2, -0.15) is 0 Å². The Kier molecular flexibility index (Phi) is 5.49. The summed E-state index contributed by atoms with van der Waals surface area (Å²) in [5.74, 6) is 2.21. The second-order valence-electron chi connectivity index (χ2n) is 7.87. The molecule has 2 aliphatic rings. The van der Waals surface area contributed by atoms with Crippen LogP contribution < -0.4 is 5.73 Å². The third kappa shape index (κ3) is 4.19. The second-order valence-corrected chi connectivity index (χ2v) is 7.87. The Morgan fingerprint density at radius 1 is 1.25 bits per heavy atom. The quantitative estimate of drug-likeness (QED) is 0.815. The van der Waals surface area contributed by atoms with Crippen LogP contribution in [-0.4, -0.2) is 41.8 Å². The van der Waals surface area contributed by atoms with Gasteiger partial charge in [-0.05, 0) is 56.9 Å². The number of likely N-dealkylation sites (N-methyl/N-ethyl adjacent to an activating group) is 1. The molecular formula is C17H34N2O. The molecule has 118 valence electrons. The molecular weight excluding hydrogens is 248 g/mol. The van der Waals surface area contributed by atoms with Crippen molar-refractivity contribution < 1.29 is 5.11 Å². The first-order valence-electron chi connectivity index (χ1n) is 8.56. The molecule has 0 aromatic heterocycles. The van der Waals surface area contributed by atoms with Crippen LogP contribution in [0.4, 0.5) is 0 Å². The summed E-state index contributed by atoms with van der Waals surface area (Å²) in [6, 6.07) is 0.352. The van der Waals surface area contributed by atoms with Crippen LogP contribution in [-0.2, 0) is 0 Å². The van der Waals surface area contributed by atoms with Gasteiger partial charge in [0.05, 0.1) is 5.60 Å². The fraction of sp³-hybridized carbons (Fsp3) is 1.00. The lowest BCUT2D eigenvalue weighted by Gasteiger charge is -2.39. The molecule has 0 aliphatic heterocycles. The predicted octanol–water partition coefficient (Wildman–Crippen LogP) is 2.62. The van der Waals surface area contributed by atoms with Crippen molar-refractivity contribution in [2.24, 2.45) is 23.5 Å². The first-order chi connectivity index (χ1) is 9.39. The normalized spacial score (nSPS) is 34.0. The molecule has 3 atom stereocenters. The van der Waals surface area contributed by atoms with E-state index in [0.717, 1.165) is 37.8 Å². The van der Waals surface area contributed by atoms with Crippen LogP contribution in [0.25, 0.3) is 0 Å². The molecule has 2 fully saturated rings. The van der Waals surface area contributed by atoms with Crippen LogP contribution >= 0.6 is 0 Å². The van der Waals surface area contributed by atoms with Gasteiger partial charge in [0, 0.05) is 19.1 Å². The summed E-state index contributed by atoms with van der Waals surface area (Å²) in [6.45, 7) is 6.54. The first kappa shape index (κ1) is 16.3. The van der Waals surface area contributed by atoms with Gasteiger partial charge in [-0.25, -0.2) is 0 Å². The summed E-state index contributed by atoms with van der Waals surface area (Å²) in [6.07, 6.45) is 8.05. The number of hydrogen-bond acceptors (Lipinski definition) is 3. The molecule has 0 aromatic carbocycles. The average Bonchev–Trinajstić information content (AvgIpc) is 2.78. The smallest absolute Gasteiger partial charge is 0.0774 e. The molecule has 0 bridgehead atoms. The minimum atomic E-state index is -0.426. The molecule has 3 N–H and O–H groups in total. The maximum absolute atomic E-state index is 10.5. The van der Waals surface area contributed by atoms with Gasteiger partial charge >= 0.3 is 0 Å². The van der Waals surface area contributed by atoms with E-state index >= 15 is 0 Å². The van der Waals surface area contributed by atoms with Crippen LogP contribution in [0.3, 0.4) is 0 Å². The van der Waals surface area contributed by atoms with E-state index in [9.17, 15) is 5.11 Å². The van der Waals surface area contributed by atoms with E-state index < -0.39 is 5.60 Å². The molecule has 0 heterocycles. The molecule has 3 heteroatoms. The van der Waals surface area contributed by atoms with E-state index in [1.165, 1.54) is 32.1 Å². The van der Waals surface area contributed by atoms with Gasteiger partial charge in [-0.3, -0.25) is 0 Å². The molecule has 2 rings (SSSR count). The minimum Gasteiger partial charge on any atom is -0.389 e. The first-order valence-corrected chi connectivity index (χ1v) is 8.56. The lowest BCUT2D eigenvalue weighted by Crippen LogP contribution is -2.46. The van der Waals surface area contributed by atoms with Crippen LogP contribution in [0.2, 0.25) is 0 Å². The fourth-order valence-electron chi connectivity index (χ4n) is 4.30. The standard InChI is InChI=1S/C17H34N2O/c1-13(2)14-6-7-16(18)15(10-14)11-19(3)12-17(20)8-4-5-9-17/h13-16,20H,4-12,18H2,1-3H3. The van der Waals surface area contributed by atoms with Crippen LogP contribution in [0.1, 0.15) is 58.8 Å². The highest BCUT2D eigenvalue weighted by atomic mass is 16.3.